The number of benzene rings is 1. The lowest BCUT2D eigenvalue weighted by Gasteiger charge is -2.06. The van der Waals surface area contributed by atoms with Crippen molar-refractivity contribution in [2.75, 3.05) is 5.32 Å². The molecule has 13 heteroatoms. The number of fused-ring (bicyclic) bond motifs is 1. The van der Waals surface area contributed by atoms with E-state index >= 15 is 0 Å². The van der Waals surface area contributed by atoms with Gasteiger partial charge in [-0.1, -0.05) is 23.2 Å². The van der Waals surface area contributed by atoms with Crippen LogP contribution in [0.15, 0.2) is 36.8 Å². The van der Waals surface area contributed by atoms with E-state index in [4.69, 9.17) is 48.7 Å². The molecule has 4 aromatic rings. The van der Waals surface area contributed by atoms with Crippen molar-refractivity contribution in [2.45, 2.75) is 13.5 Å². The Morgan fingerprint density at radius 2 is 1.73 bits per heavy atom. The summed E-state index contributed by atoms with van der Waals surface area (Å²) >= 11 is 14.3. The topological polar surface area (TPSA) is 164 Å². The highest BCUT2D eigenvalue weighted by Crippen LogP contribution is 2.41. The number of pyridine rings is 1. The Bertz CT molecular complexity index is 1230. The quantitative estimate of drug-likeness (QED) is 0.290. The van der Waals surface area contributed by atoms with Gasteiger partial charge in [0.2, 0.25) is 0 Å². The van der Waals surface area contributed by atoms with Crippen molar-refractivity contribution in [1.82, 2.24) is 19.9 Å². The molecule has 0 aliphatic heterocycles. The minimum atomic E-state index is -0.250. The molecule has 0 radical (unpaired) electrons. The highest BCUT2D eigenvalue weighted by atomic mass is 35.5. The molecule has 0 spiro atoms. The molecular weight excluding hydrogens is 491 g/mol. The van der Waals surface area contributed by atoms with Crippen molar-refractivity contribution in [3.8, 4) is 10.6 Å². The first-order chi connectivity index (χ1) is 15.9. The van der Waals surface area contributed by atoms with E-state index in [1.807, 2.05) is 31.2 Å². The monoisotopic (exact) mass is 508 g/mol. The number of hydrogen-bond acceptors (Lipinski definition) is 9. The summed E-state index contributed by atoms with van der Waals surface area (Å²) in [4.78, 5) is 34.2. The second-order valence-corrected chi connectivity index (χ2v) is 7.86. The van der Waals surface area contributed by atoms with E-state index in [0.29, 0.717) is 33.8 Å². The number of thiazole rings is 1. The normalized spacial score (nSPS) is 9.82. The van der Waals surface area contributed by atoms with Gasteiger partial charge < -0.3 is 21.3 Å². The Hall–Kier alpha value is -3.38. The molecule has 5 N–H and O–H groups in total. The molecule has 1 aromatic carbocycles. The molecule has 4 rings (SSSR count). The third kappa shape index (κ3) is 6.80. The van der Waals surface area contributed by atoms with E-state index in [0.717, 1.165) is 26.5 Å². The Labute approximate surface area is 202 Å². The maximum absolute atomic E-state index is 8.36. The van der Waals surface area contributed by atoms with Gasteiger partial charge in [0.1, 0.15) is 17.2 Å². The van der Waals surface area contributed by atoms with Gasteiger partial charge in [0.15, 0.2) is 5.82 Å². The first kappa shape index (κ1) is 25.9. The Morgan fingerprint density at radius 3 is 2.30 bits per heavy atom. The summed E-state index contributed by atoms with van der Waals surface area (Å²) in [5.74, 6) is 1.33. The molecule has 33 heavy (non-hydrogen) atoms. The van der Waals surface area contributed by atoms with E-state index in [9.17, 15) is 0 Å². The molecular formula is C20H18Cl2N6O4S. The predicted molar refractivity (Wildman–Crippen MR) is 128 cm³/mol. The molecule has 0 bridgehead atoms. The lowest BCUT2D eigenvalue weighted by molar-refractivity contribution is -0.123. The van der Waals surface area contributed by atoms with Crippen LogP contribution in [0, 0.1) is 6.92 Å². The number of hydrogen-bond donors (Lipinski definition) is 4. The molecule has 0 saturated heterocycles. The number of halogens is 2. The molecule has 0 amide bonds. The first-order valence-electron chi connectivity index (χ1n) is 9.03. The van der Waals surface area contributed by atoms with Crippen LogP contribution in [0.5, 0.6) is 0 Å². The fourth-order valence-electron chi connectivity index (χ4n) is 2.64. The van der Waals surface area contributed by atoms with E-state index in [1.165, 1.54) is 17.7 Å². The van der Waals surface area contributed by atoms with Crippen LogP contribution in [0.1, 0.15) is 11.3 Å². The SMILES string of the molecule is Cc1cc(Nc2nccc3nc(-c4c(Cl)cc(CN)cc4Cl)sc23)ncn1.O=CO.O=CO. The van der Waals surface area contributed by atoms with Crippen molar-refractivity contribution >= 4 is 69.3 Å². The van der Waals surface area contributed by atoms with Gasteiger partial charge in [-0.3, -0.25) is 9.59 Å². The minimum absolute atomic E-state index is 0.250. The maximum Gasteiger partial charge on any atom is 0.290 e. The van der Waals surface area contributed by atoms with Crippen LogP contribution in [-0.2, 0) is 16.1 Å². The molecule has 0 aliphatic carbocycles. The summed E-state index contributed by atoms with van der Waals surface area (Å²) in [7, 11) is 0. The van der Waals surface area contributed by atoms with Gasteiger partial charge in [0.25, 0.3) is 12.9 Å². The summed E-state index contributed by atoms with van der Waals surface area (Å²) in [6.07, 6.45) is 3.21. The summed E-state index contributed by atoms with van der Waals surface area (Å²) in [5.41, 5.74) is 8.92. The molecule has 3 aromatic heterocycles. The van der Waals surface area contributed by atoms with Crippen molar-refractivity contribution in [2.24, 2.45) is 5.73 Å². The van der Waals surface area contributed by atoms with Crippen LogP contribution < -0.4 is 11.1 Å². The highest BCUT2D eigenvalue weighted by Gasteiger charge is 2.17. The van der Waals surface area contributed by atoms with Crippen LogP contribution >= 0.6 is 34.5 Å². The number of carbonyl (C=O) groups is 2. The van der Waals surface area contributed by atoms with Gasteiger partial charge in [0.05, 0.1) is 20.3 Å². The van der Waals surface area contributed by atoms with E-state index in [-0.39, 0.29) is 12.9 Å². The molecule has 0 atom stereocenters. The third-order valence-electron chi connectivity index (χ3n) is 3.91. The summed E-state index contributed by atoms with van der Waals surface area (Å²) in [5, 5.41) is 18.8. The van der Waals surface area contributed by atoms with E-state index < -0.39 is 0 Å². The number of rotatable bonds is 4. The molecule has 172 valence electrons. The Morgan fingerprint density at radius 1 is 1.09 bits per heavy atom. The van der Waals surface area contributed by atoms with Gasteiger partial charge in [0, 0.05) is 30.1 Å². The van der Waals surface area contributed by atoms with Gasteiger partial charge >= 0.3 is 0 Å². The zero-order valence-corrected chi connectivity index (χ0v) is 19.4. The minimum Gasteiger partial charge on any atom is -0.483 e. The Kier molecular flexibility index (Phi) is 9.88. The van der Waals surface area contributed by atoms with Crippen LogP contribution in [0.3, 0.4) is 0 Å². The fraction of sp³-hybridized carbons (Fsp3) is 0.100. The maximum atomic E-state index is 8.36. The largest absolute Gasteiger partial charge is 0.483 e. The van der Waals surface area contributed by atoms with E-state index in [2.05, 4.69) is 25.3 Å². The molecule has 0 fully saturated rings. The second kappa shape index (κ2) is 12.6. The fourth-order valence-corrected chi connectivity index (χ4v) is 4.54. The van der Waals surface area contributed by atoms with Crippen LogP contribution in [0.4, 0.5) is 11.6 Å². The first-order valence-corrected chi connectivity index (χ1v) is 10.6. The lowest BCUT2D eigenvalue weighted by Crippen LogP contribution is -1.97. The van der Waals surface area contributed by atoms with Crippen molar-refractivity contribution in [3.05, 3.63) is 58.1 Å². The Balaban J connectivity index is 0.000000582. The number of nitrogens with zero attached hydrogens (tertiary/aromatic N) is 4. The van der Waals surface area contributed by atoms with Crippen LogP contribution in [0.2, 0.25) is 10.0 Å². The number of anilines is 2. The lowest BCUT2D eigenvalue weighted by atomic mass is 10.1. The standard InChI is InChI=1S/C18H14Cl2N6S.2CH2O2/c1-9-4-14(24-8-23-9)26-17-16-13(2-3-22-17)25-18(27-16)15-11(19)5-10(7-21)6-12(15)20;2*2-1-3/h2-6,8H,7,21H2,1H3,(H,22,23,24,26);2*1H,(H,2,3). The molecule has 10 nitrogen and oxygen atoms in total. The zero-order valence-electron chi connectivity index (χ0n) is 17.1. The molecule has 0 unspecified atom stereocenters. The summed E-state index contributed by atoms with van der Waals surface area (Å²) in [6.45, 7) is 1.77. The average Bonchev–Trinajstić information content (AvgIpc) is 3.19. The zero-order chi connectivity index (χ0) is 24.4. The highest BCUT2D eigenvalue weighted by molar-refractivity contribution is 7.22. The van der Waals surface area contributed by atoms with Gasteiger partial charge in [-0.15, -0.1) is 11.3 Å². The van der Waals surface area contributed by atoms with Crippen LogP contribution in [0.25, 0.3) is 20.8 Å². The number of aromatic nitrogens is 4. The van der Waals surface area contributed by atoms with E-state index in [1.54, 1.807) is 6.20 Å². The number of carboxylic acid groups (broad SMARTS) is 2. The smallest absolute Gasteiger partial charge is 0.290 e. The number of nitrogens with two attached hydrogens (primary N) is 1. The second-order valence-electron chi connectivity index (χ2n) is 6.05. The predicted octanol–water partition coefficient (Wildman–Crippen LogP) is 4.37. The molecule has 0 saturated carbocycles. The summed E-state index contributed by atoms with van der Waals surface area (Å²) < 4.78 is 0.888. The van der Waals surface area contributed by atoms with Gasteiger partial charge in [-0.05, 0) is 30.7 Å². The van der Waals surface area contributed by atoms with Crippen molar-refractivity contribution in [3.63, 3.8) is 0 Å². The third-order valence-corrected chi connectivity index (χ3v) is 5.60. The molecule has 0 aliphatic rings. The molecule has 3 heterocycles. The van der Waals surface area contributed by atoms with Crippen molar-refractivity contribution in [1.29, 1.82) is 0 Å². The van der Waals surface area contributed by atoms with Gasteiger partial charge in [-0.2, -0.15) is 0 Å². The number of nitrogens with one attached hydrogen (secondary N) is 1. The van der Waals surface area contributed by atoms with Crippen LogP contribution in [-0.4, -0.2) is 43.1 Å². The van der Waals surface area contributed by atoms with Gasteiger partial charge in [-0.25, -0.2) is 19.9 Å². The number of aryl methyl sites for hydroxylation is 1. The average molecular weight is 509 g/mol. The van der Waals surface area contributed by atoms with Crippen molar-refractivity contribution < 1.29 is 19.8 Å². The summed E-state index contributed by atoms with van der Waals surface area (Å²) in [6, 6.07) is 7.33.